The van der Waals surface area contributed by atoms with Gasteiger partial charge in [-0.15, -0.1) is 5.10 Å². The Balaban J connectivity index is 1.49. The number of rotatable bonds is 6. The molecule has 188 valence electrons. The summed E-state index contributed by atoms with van der Waals surface area (Å²) in [6.45, 7) is 13.5. The van der Waals surface area contributed by atoms with Crippen molar-refractivity contribution in [2.45, 2.75) is 58.5 Å². The second-order valence-electron chi connectivity index (χ2n) is 10.3. The Hall–Kier alpha value is -3.81. The summed E-state index contributed by atoms with van der Waals surface area (Å²) in [6, 6.07) is 8.32. The number of hydrogen-bond donors (Lipinski definition) is 1. The number of benzene rings is 1. The molecule has 2 aromatic heterocycles. The molecule has 4 rings (SSSR count). The van der Waals surface area contributed by atoms with E-state index in [4.69, 9.17) is 0 Å². The Kier molecular flexibility index (Phi) is 7.33. The summed E-state index contributed by atoms with van der Waals surface area (Å²) in [6.07, 6.45) is 8.77. The minimum atomic E-state index is -0.249. The van der Waals surface area contributed by atoms with Gasteiger partial charge in [0, 0.05) is 37.9 Å². The molecule has 36 heavy (non-hydrogen) atoms. The van der Waals surface area contributed by atoms with Crippen LogP contribution in [-0.2, 0) is 16.9 Å². The van der Waals surface area contributed by atoms with Crippen LogP contribution in [-0.4, -0.2) is 49.8 Å². The number of likely N-dealkylation sites (tertiary alicyclic amines) is 1. The normalized spacial score (nSPS) is 16.0. The van der Waals surface area contributed by atoms with Crippen LogP contribution in [0.2, 0.25) is 0 Å². The number of carbonyl (C=O) groups is 2. The lowest BCUT2D eigenvalue weighted by atomic mass is 9.86. The Bertz CT molecular complexity index is 1270. The fourth-order valence-corrected chi connectivity index (χ4v) is 4.58. The van der Waals surface area contributed by atoms with Gasteiger partial charge in [-0.1, -0.05) is 30.0 Å². The molecular weight excluding hydrogens is 452 g/mol. The largest absolute Gasteiger partial charge is 0.347 e. The van der Waals surface area contributed by atoms with E-state index in [1.165, 1.54) is 6.08 Å². The van der Waals surface area contributed by atoms with Crippen LogP contribution in [0, 0.1) is 6.92 Å². The van der Waals surface area contributed by atoms with Gasteiger partial charge >= 0.3 is 0 Å². The maximum absolute atomic E-state index is 12.6. The molecule has 1 saturated heterocycles. The molecule has 8 heteroatoms. The van der Waals surface area contributed by atoms with Crippen LogP contribution < -0.4 is 5.32 Å². The Labute approximate surface area is 212 Å². The second kappa shape index (κ2) is 10.4. The van der Waals surface area contributed by atoms with E-state index in [0.717, 1.165) is 47.2 Å². The zero-order valence-electron chi connectivity index (χ0n) is 21.5. The molecule has 1 atom stereocenters. The third kappa shape index (κ3) is 5.53. The fraction of sp³-hybridized carbons (Fsp3) is 0.393. The molecule has 0 spiro atoms. The molecule has 1 N–H and O–H groups in total. The summed E-state index contributed by atoms with van der Waals surface area (Å²) in [7, 11) is 0. The number of piperidine rings is 1. The molecule has 0 radical (unpaired) electrons. The maximum Gasteiger partial charge on any atom is 0.273 e. The van der Waals surface area contributed by atoms with Crippen molar-refractivity contribution in [1.29, 1.82) is 0 Å². The van der Waals surface area contributed by atoms with Gasteiger partial charge in [-0.25, -0.2) is 4.68 Å². The highest BCUT2D eigenvalue weighted by Crippen LogP contribution is 2.34. The summed E-state index contributed by atoms with van der Waals surface area (Å²) in [5, 5.41) is 11.0. The highest BCUT2D eigenvalue weighted by atomic mass is 16.2. The first-order valence-corrected chi connectivity index (χ1v) is 12.3. The molecule has 8 nitrogen and oxygen atoms in total. The topological polar surface area (TPSA) is 93.0 Å². The van der Waals surface area contributed by atoms with Crippen LogP contribution in [0.3, 0.4) is 0 Å². The molecule has 3 heterocycles. The average molecular weight is 487 g/mol. The number of carbonyl (C=O) groups excluding carboxylic acids is 2. The molecule has 3 aromatic rings. The van der Waals surface area contributed by atoms with Crippen LogP contribution in [0.4, 0.5) is 0 Å². The monoisotopic (exact) mass is 486 g/mol. The van der Waals surface area contributed by atoms with Gasteiger partial charge in [0.2, 0.25) is 5.91 Å². The number of amides is 2. The molecule has 0 aliphatic carbocycles. The molecule has 0 unspecified atom stereocenters. The van der Waals surface area contributed by atoms with E-state index in [2.05, 4.69) is 45.4 Å². The summed E-state index contributed by atoms with van der Waals surface area (Å²) in [4.78, 5) is 31.0. The van der Waals surface area contributed by atoms with Crippen LogP contribution in [0.25, 0.3) is 11.1 Å². The van der Waals surface area contributed by atoms with Crippen LogP contribution in [0.5, 0.6) is 0 Å². The molecule has 1 aliphatic rings. The van der Waals surface area contributed by atoms with Crippen molar-refractivity contribution in [2.24, 2.45) is 0 Å². The minimum absolute atomic E-state index is 0.0201. The molecular formula is C28H34N6O2. The second-order valence-corrected chi connectivity index (χ2v) is 10.3. The highest BCUT2D eigenvalue weighted by molar-refractivity contribution is 5.91. The number of aromatic nitrogens is 4. The Morgan fingerprint density at radius 2 is 2.06 bits per heavy atom. The maximum atomic E-state index is 12.6. The molecule has 2 amide bonds. The third-order valence-corrected chi connectivity index (χ3v) is 6.71. The van der Waals surface area contributed by atoms with Gasteiger partial charge in [0.25, 0.3) is 5.91 Å². The van der Waals surface area contributed by atoms with E-state index in [0.29, 0.717) is 18.8 Å². The first kappa shape index (κ1) is 25.3. The number of hydrogen-bond acceptors (Lipinski definition) is 5. The van der Waals surface area contributed by atoms with Crippen molar-refractivity contribution in [2.75, 3.05) is 13.1 Å². The zero-order valence-corrected chi connectivity index (χ0v) is 21.5. The molecule has 1 aromatic carbocycles. The number of nitrogens with one attached hydrogen (secondary N) is 1. The lowest BCUT2D eigenvalue weighted by Gasteiger charge is -2.33. The lowest BCUT2D eigenvalue weighted by molar-refractivity contribution is -0.127. The van der Waals surface area contributed by atoms with Gasteiger partial charge in [0.05, 0.1) is 11.7 Å². The van der Waals surface area contributed by atoms with E-state index in [9.17, 15) is 9.59 Å². The first-order chi connectivity index (χ1) is 17.2. The van der Waals surface area contributed by atoms with E-state index < -0.39 is 0 Å². The summed E-state index contributed by atoms with van der Waals surface area (Å²) in [5.41, 5.74) is 5.56. The van der Waals surface area contributed by atoms with Crippen LogP contribution >= 0.6 is 0 Å². The van der Waals surface area contributed by atoms with Gasteiger partial charge in [0.1, 0.15) is 0 Å². The van der Waals surface area contributed by atoms with Gasteiger partial charge < -0.3 is 10.2 Å². The predicted molar refractivity (Wildman–Crippen MR) is 139 cm³/mol. The number of aryl methyl sites for hydroxylation is 1. The van der Waals surface area contributed by atoms with Crippen molar-refractivity contribution < 1.29 is 9.59 Å². The van der Waals surface area contributed by atoms with Gasteiger partial charge in [-0.05, 0) is 80.5 Å². The zero-order chi connectivity index (χ0) is 25.9. The Morgan fingerprint density at radius 1 is 1.25 bits per heavy atom. The molecule has 0 saturated carbocycles. The highest BCUT2D eigenvalue weighted by Gasteiger charge is 2.26. The summed E-state index contributed by atoms with van der Waals surface area (Å²) in [5.74, 6) is -0.0400. The predicted octanol–water partition coefficient (Wildman–Crippen LogP) is 4.23. The van der Waals surface area contributed by atoms with Gasteiger partial charge in [-0.2, -0.15) is 0 Å². The average Bonchev–Trinajstić information content (AvgIpc) is 3.39. The van der Waals surface area contributed by atoms with Gasteiger partial charge in [-0.3, -0.25) is 14.6 Å². The van der Waals surface area contributed by atoms with Crippen molar-refractivity contribution in [1.82, 2.24) is 30.2 Å². The Morgan fingerprint density at radius 3 is 2.75 bits per heavy atom. The minimum Gasteiger partial charge on any atom is -0.347 e. The third-order valence-electron chi connectivity index (χ3n) is 6.71. The number of pyridine rings is 1. The quantitative estimate of drug-likeness (QED) is 0.527. The molecule has 1 aliphatic heterocycles. The SMILES string of the molecule is C=CC(=O)N1CCC[C@@H](c2cnccc2-c2ccc(CNC(=O)c3cn(C(C)(C)C)nn3)c(C)c2)C1. The fourth-order valence-electron chi connectivity index (χ4n) is 4.58. The molecule has 0 bridgehead atoms. The van der Waals surface area contributed by atoms with E-state index in [1.807, 2.05) is 51.1 Å². The number of nitrogens with zero attached hydrogens (tertiary/aromatic N) is 5. The van der Waals surface area contributed by atoms with E-state index >= 15 is 0 Å². The van der Waals surface area contributed by atoms with Crippen molar-refractivity contribution in [3.8, 4) is 11.1 Å². The van der Waals surface area contributed by atoms with Crippen molar-refractivity contribution >= 4 is 11.8 Å². The van der Waals surface area contributed by atoms with Crippen molar-refractivity contribution in [3.05, 3.63) is 77.9 Å². The van der Waals surface area contributed by atoms with Crippen LogP contribution in [0.1, 0.15) is 66.7 Å². The summed E-state index contributed by atoms with van der Waals surface area (Å²) >= 11 is 0. The van der Waals surface area contributed by atoms with Crippen LogP contribution in [0.15, 0.2) is 55.5 Å². The smallest absolute Gasteiger partial charge is 0.273 e. The molecule has 1 fully saturated rings. The summed E-state index contributed by atoms with van der Waals surface area (Å²) < 4.78 is 1.69. The van der Waals surface area contributed by atoms with E-state index in [1.54, 1.807) is 10.9 Å². The van der Waals surface area contributed by atoms with E-state index in [-0.39, 0.29) is 23.3 Å². The van der Waals surface area contributed by atoms with Gasteiger partial charge in [0.15, 0.2) is 5.69 Å². The lowest BCUT2D eigenvalue weighted by Crippen LogP contribution is -2.38. The first-order valence-electron chi connectivity index (χ1n) is 12.3. The van der Waals surface area contributed by atoms with Crippen molar-refractivity contribution in [3.63, 3.8) is 0 Å². The standard InChI is InChI=1S/C28H34N6O2/c1-6-26(35)33-13-7-8-22(17-33)24-16-29-12-11-23(24)20-9-10-21(19(2)14-20)15-30-27(36)25-18-34(32-31-25)28(3,4)5/h6,9-12,14,16,18,22H,1,7-8,13,15,17H2,2-5H3,(H,30,36)/t22-/m1/s1.